The Bertz CT molecular complexity index is 1530. The van der Waals surface area contributed by atoms with Gasteiger partial charge in [0.2, 0.25) is 0 Å². The molecule has 2 fully saturated rings. The fraction of sp³-hybridized carbons (Fsp3) is 0.591. The van der Waals surface area contributed by atoms with E-state index in [0.717, 1.165) is 101 Å². The summed E-state index contributed by atoms with van der Waals surface area (Å²) in [7, 11) is 2.94. The van der Waals surface area contributed by atoms with Crippen molar-refractivity contribution in [2.45, 2.75) is 142 Å². The monoisotopic (exact) mass is 650 g/mol. The first-order valence-electron chi connectivity index (χ1n) is 19.2. The van der Waals surface area contributed by atoms with Crippen molar-refractivity contribution < 1.29 is 19.1 Å². The maximum Gasteiger partial charge on any atom is 0.339 e. The first-order valence-corrected chi connectivity index (χ1v) is 19.2. The lowest BCUT2D eigenvalue weighted by atomic mass is 9.66. The van der Waals surface area contributed by atoms with Crippen LogP contribution in [0.2, 0.25) is 0 Å². The molecule has 0 aromatic heterocycles. The Hall–Kier alpha value is -3.14. The smallest absolute Gasteiger partial charge is 0.339 e. The van der Waals surface area contributed by atoms with Crippen LogP contribution in [0.5, 0.6) is 0 Å². The number of hydrogen-bond donors (Lipinski definition) is 0. The van der Waals surface area contributed by atoms with Gasteiger partial charge in [-0.3, -0.25) is 0 Å². The van der Waals surface area contributed by atoms with Crippen molar-refractivity contribution in [3.05, 3.63) is 79.9 Å². The zero-order chi connectivity index (χ0) is 33.9. The van der Waals surface area contributed by atoms with E-state index in [-0.39, 0.29) is 23.8 Å². The minimum atomic E-state index is -0.377. The van der Waals surface area contributed by atoms with E-state index in [4.69, 9.17) is 9.47 Å². The van der Waals surface area contributed by atoms with Crippen molar-refractivity contribution in [3.63, 3.8) is 0 Å². The second-order valence-electron chi connectivity index (χ2n) is 15.9. The Balaban J connectivity index is 1.71. The first kappa shape index (κ1) is 34.7. The van der Waals surface area contributed by atoms with Gasteiger partial charge in [-0.1, -0.05) is 90.5 Å². The number of ether oxygens (including phenoxy) is 2. The predicted octanol–water partition coefficient (Wildman–Crippen LogP) is 11.2. The lowest BCUT2D eigenvalue weighted by Gasteiger charge is -2.37. The molecule has 3 aromatic carbocycles. The molecule has 0 unspecified atom stereocenters. The number of benzene rings is 3. The average Bonchev–Trinajstić information content (AvgIpc) is 3.11. The second-order valence-corrected chi connectivity index (χ2v) is 15.9. The average molecular weight is 651 g/mol. The van der Waals surface area contributed by atoms with Crippen molar-refractivity contribution in [2.75, 3.05) is 14.2 Å². The van der Waals surface area contributed by atoms with Gasteiger partial charge in [-0.25, -0.2) is 9.59 Å². The molecule has 0 bridgehead atoms. The minimum Gasteiger partial charge on any atom is -0.465 e. The highest BCUT2D eigenvalue weighted by atomic mass is 16.5. The van der Waals surface area contributed by atoms with Gasteiger partial charge in [0.05, 0.1) is 25.3 Å². The molecule has 0 aliphatic heterocycles. The summed E-state index contributed by atoms with van der Waals surface area (Å²) in [6.07, 6.45) is 17.3. The molecule has 4 nitrogen and oxygen atoms in total. The normalized spacial score (nSPS) is 17.1. The van der Waals surface area contributed by atoms with Crippen LogP contribution in [0.25, 0.3) is 10.8 Å². The fourth-order valence-electron chi connectivity index (χ4n) is 9.53. The maximum absolute atomic E-state index is 14.1. The zero-order valence-electron chi connectivity index (χ0n) is 30.6. The van der Waals surface area contributed by atoms with Crippen molar-refractivity contribution in [3.8, 4) is 0 Å². The van der Waals surface area contributed by atoms with Crippen LogP contribution < -0.4 is 0 Å². The summed E-state index contributed by atoms with van der Waals surface area (Å²) in [5.41, 5.74) is 11.9. The van der Waals surface area contributed by atoms with Crippen molar-refractivity contribution in [2.24, 2.45) is 11.8 Å². The van der Waals surface area contributed by atoms with E-state index in [1.807, 2.05) is 0 Å². The molecule has 0 atom stereocenters. The van der Waals surface area contributed by atoms with Crippen LogP contribution in [0.3, 0.4) is 0 Å². The number of esters is 2. The lowest BCUT2D eigenvalue weighted by Crippen LogP contribution is -2.28. The van der Waals surface area contributed by atoms with Crippen LogP contribution in [-0.2, 0) is 35.2 Å². The van der Waals surface area contributed by atoms with Crippen LogP contribution in [0.15, 0.2) is 24.3 Å². The van der Waals surface area contributed by atoms with E-state index in [2.05, 4.69) is 52.0 Å². The van der Waals surface area contributed by atoms with Gasteiger partial charge in [0.15, 0.2) is 0 Å². The number of fused-ring (bicyclic) bond motifs is 3. The molecule has 6 rings (SSSR count). The van der Waals surface area contributed by atoms with E-state index >= 15 is 0 Å². The number of aryl methyl sites for hydroxylation is 2. The zero-order valence-corrected chi connectivity index (χ0v) is 30.6. The molecule has 4 heteroatoms. The van der Waals surface area contributed by atoms with Crippen molar-refractivity contribution >= 4 is 22.7 Å². The third-order valence-corrected chi connectivity index (χ3v) is 11.9. The molecule has 0 amide bonds. The van der Waals surface area contributed by atoms with Crippen LogP contribution in [0.1, 0.15) is 182 Å². The molecular weight excluding hydrogens is 592 g/mol. The fourth-order valence-corrected chi connectivity index (χ4v) is 9.53. The van der Waals surface area contributed by atoms with Crippen molar-refractivity contribution in [1.29, 1.82) is 0 Å². The van der Waals surface area contributed by atoms with Gasteiger partial charge < -0.3 is 9.47 Å². The topological polar surface area (TPSA) is 52.6 Å². The molecular formula is C44H58O4. The summed E-state index contributed by atoms with van der Waals surface area (Å²) < 4.78 is 11.2. The number of carbonyl (C=O) groups excluding carboxylic acids is 2. The Morgan fingerprint density at radius 1 is 0.604 bits per heavy atom. The second kappa shape index (κ2) is 15.2. The van der Waals surface area contributed by atoms with Gasteiger partial charge in [-0.05, 0) is 143 Å². The van der Waals surface area contributed by atoms with E-state index in [9.17, 15) is 9.59 Å². The third kappa shape index (κ3) is 6.70. The van der Waals surface area contributed by atoms with E-state index in [0.29, 0.717) is 23.0 Å². The number of methoxy groups -OCH3 is 2. The van der Waals surface area contributed by atoms with Gasteiger partial charge in [0.1, 0.15) is 0 Å². The Morgan fingerprint density at radius 2 is 0.979 bits per heavy atom. The molecule has 0 saturated heterocycles. The van der Waals surface area contributed by atoms with Gasteiger partial charge in [0.25, 0.3) is 0 Å². The summed E-state index contributed by atoms with van der Waals surface area (Å²) in [4.78, 5) is 28.2. The highest BCUT2D eigenvalue weighted by Gasteiger charge is 2.40. The third-order valence-electron chi connectivity index (χ3n) is 11.9. The largest absolute Gasteiger partial charge is 0.465 e. The van der Waals surface area contributed by atoms with Gasteiger partial charge in [-0.15, -0.1) is 0 Å². The van der Waals surface area contributed by atoms with Crippen LogP contribution >= 0.6 is 0 Å². The number of hydrogen-bond acceptors (Lipinski definition) is 4. The summed E-state index contributed by atoms with van der Waals surface area (Å²) in [5, 5.41) is 2.82. The molecule has 0 radical (unpaired) electrons. The molecule has 0 heterocycles. The molecule has 0 spiro atoms. The Kier molecular flexibility index (Phi) is 11.0. The van der Waals surface area contributed by atoms with E-state index < -0.39 is 0 Å². The number of rotatable bonds is 10. The quantitative estimate of drug-likeness (QED) is 0.160. The predicted molar refractivity (Wildman–Crippen MR) is 197 cm³/mol. The lowest BCUT2D eigenvalue weighted by molar-refractivity contribution is 0.0551. The molecule has 0 N–H and O–H groups in total. The van der Waals surface area contributed by atoms with Crippen molar-refractivity contribution in [1.82, 2.24) is 0 Å². The van der Waals surface area contributed by atoms with Crippen LogP contribution in [0, 0.1) is 11.8 Å². The molecule has 258 valence electrons. The number of carbonyl (C=O) groups is 2. The van der Waals surface area contributed by atoms with E-state index in [1.54, 1.807) is 0 Å². The van der Waals surface area contributed by atoms with Gasteiger partial charge in [-0.2, -0.15) is 0 Å². The molecule has 3 aliphatic rings. The summed E-state index contributed by atoms with van der Waals surface area (Å²) in [6, 6.07) is 9.14. The van der Waals surface area contributed by atoms with Crippen LogP contribution in [0.4, 0.5) is 0 Å². The highest BCUT2D eigenvalue weighted by molar-refractivity contribution is 6.06. The minimum absolute atomic E-state index is 0.243. The maximum atomic E-state index is 14.1. The summed E-state index contributed by atoms with van der Waals surface area (Å²) >= 11 is 0. The molecule has 2 saturated carbocycles. The molecule has 48 heavy (non-hydrogen) atoms. The highest BCUT2D eigenvalue weighted by Crippen LogP contribution is 2.50. The van der Waals surface area contributed by atoms with Crippen LogP contribution in [-0.4, -0.2) is 26.2 Å². The summed E-state index contributed by atoms with van der Waals surface area (Å²) in [5.74, 6) is 0.954. The molecule has 3 aromatic rings. The summed E-state index contributed by atoms with van der Waals surface area (Å²) in [6.45, 7) is 9.32. The van der Waals surface area contributed by atoms with Gasteiger partial charge >= 0.3 is 11.9 Å². The Labute approximate surface area is 289 Å². The molecule has 3 aliphatic carbocycles. The van der Waals surface area contributed by atoms with Gasteiger partial charge in [0, 0.05) is 0 Å². The van der Waals surface area contributed by atoms with E-state index in [1.165, 1.54) is 71.2 Å². The SMILES string of the molecule is COC(=O)c1c(C(=O)OC)c(C2CCCCC2)c2c(c1C1CCCCC1)Cc1c(c(CCC(C)C)c3ccccc3c1CCC(C)C)C2. The standard InChI is InChI=1S/C44H58O4/c1-27(2)21-23-33-31-19-13-14-20-32(31)34(24-22-28(3)4)36-26-38-37(25-35(33)36)39(29-15-9-7-10-16-29)41(43(45)47-5)42(44(46)48-6)40(38)30-17-11-8-12-18-30/h13-14,19-20,27-30H,7-12,15-18,21-26H2,1-6H3. The first-order chi connectivity index (χ1) is 23.2. The Morgan fingerprint density at radius 3 is 1.31 bits per heavy atom.